The van der Waals surface area contributed by atoms with Crippen molar-refractivity contribution in [3.05, 3.63) is 47.8 Å². The van der Waals surface area contributed by atoms with E-state index in [0.29, 0.717) is 17.4 Å². The third-order valence-electron chi connectivity index (χ3n) is 6.89. The van der Waals surface area contributed by atoms with E-state index in [1.54, 1.807) is 6.07 Å². The Morgan fingerprint density at radius 1 is 1.48 bits per heavy atom. The molecule has 1 heterocycles. The van der Waals surface area contributed by atoms with E-state index < -0.39 is 11.8 Å². The van der Waals surface area contributed by atoms with Crippen molar-refractivity contribution in [1.29, 1.82) is 0 Å². The van der Waals surface area contributed by atoms with Crippen LogP contribution in [0.3, 0.4) is 0 Å². The van der Waals surface area contributed by atoms with E-state index in [2.05, 4.69) is 13.5 Å². The number of hydrogen-bond donors (Lipinski definition) is 0. The lowest BCUT2D eigenvalue weighted by Crippen LogP contribution is -2.26. The van der Waals surface area contributed by atoms with Crippen LogP contribution in [0.1, 0.15) is 49.9 Å². The minimum atomic E-state index is -0.487. The van der Waals surface area contributed by atoms with Gasteiger partial charge in [-0.2, -0.15) is 0 Å². The van der Waals surface area contributed by atoms with Crippen LogP contribution in [0.25, 0.3) is 0 Å². The lowest BCUT2D eigenvalue weighted by atomic mass is 9.79. The third kappa shape index (κ3) is 3.17. The largest absolute Gasteiger partial charge is 0.459 e. The van der Waals surface area contributed by atoms with Gasteiger partial charge in [0.2, 0.25) is 0 Å². The Balaban J connectivity index is 1.29. The predicted octanol–water partition coefficient (Wildman–Crippen LogP) is 4.30. The van der Waals surface area contributed by atoms with E-state index in [1.165, 1.54) is 18.2 Å². The highest BCUT2D eigenvalue weighted by atomic mass is 19.1. The van der Waals surface area contributed by atoms with Gasteiger partial charge in [-0.25, -0.2) is 14.0 Å². The SMILES string of the molecule is C=C1C(=O)O[C@@H]2C[C@]3(C)C(CCC(C)OC(=O)c4cccc(F)c4)[C@@H]3C[C@H]12. The molecular weight excluding hydrogens is 347 g/mol. The molecule has 0 radical (unpaired) electrons. The van der Waals surface area contributed by atoms with Crippen molar-refractivity contribution in [2.45, 2.75) is 51.7 Å². The van der Waals surface area contributed by atoms with Crippen molar-refractivity contribution in [3.8, 4) is 0 Å². The molecule has 144 valence electrons. The average molecular weight is 372 g/mol. The van der Waals surface area contributed by atoms with Crippen LogP contribution in [0, 0.1) is 29.0 Å². The van der Waals surface area contributed by atoms with Crippen molar-refractivity contribution < 1.29 is 23.5 Å². The second kappa shape index (κ2) is 6.47. The monoisotopic (exact) mass is 372 g/mol. The van der Waals surface area contributed by atoms with Gasteiger partial charge in [0.05, 0.1) is 11.7 Å². The molecule has 0 N–H and O–H groups in total. The van der Waals surface area contributed by atoms with Crippen LogP contribution < -0.4 is 0 Å². The van der Waals surface area contributed by atoms with Gasteiger partial charge >= 0.3 is 11.9 Å². The Kier molecular flexibility index (Phi) is 4.36. The molecule has 1 saturated heterocycles. The molecule has 0 spiro atoms. The molecule has 5 heteroatoms. The molecule has 0 amide bonds. The topological polar surface area (TPSA) is 52.6 Å². The van der Waals surface area contributed by atoms with Crippen LogP contribution in [-0.2, 0) is 14.3 Å². The minimum Gasteiger partial charge on any atom is -0.459 e. The van der Waals surface area contributed by atoms with E-state index in [4.69, 9.17) is 9.47 Å². The molecule has 27 heavy (non-hydrogen) atoms. The van der Waals surface area contributed by atoms with Gasteiger partial charge in [0.15, 0.2) is 0 Å². The number of fused-ring (bicyclic) bond motifs is 2. The van der Waals surface area contributed by atoms with Crippen molar-refractivity contribution >= 4 is 11.9 Å². The Morgan fingerprint density at radius 2 is 2.26 bits per heavy atom. The molecule has 0 bridgehead atoms. The van der Waals surface area contributed by atoms with Crippen molar-refractivity contribution in [2.75, 3.05) is 0 Å². The first-order valence-electron chi connectivity index (χ1n) is 9.66. The Bertz CT molecular complexity index is 803. The highest BCUT2D eigenvalue weighted by molar-refractivity contribution is 5.91. The fourth-order valence-electron chi connectivity index (χ4n) is 5.23. The fraction of sp³-hybridized carbons (Fsp3) is 0.545. The first-order valence-corrected chi connectivity index (χ1v) is 9.66. The lowest BCUT2D eigenvalue weighted by Gasteiger charge is -2.27. The Labute approximate surface area is 158 Å². The molecule has 2 unspecified atom stereocenters. The zero-order valence-corrected chi connectivity index (χ0v) is 15.7. The first-order chi connectivity index (χ1) is 12.8. The summed E-state index contributed by atoms with van der Waals surface area (Å²) in [5.41, 5.74) is 1.07. The van der Waals surface area contributed by atoms with Gasteiger partial charge in [-0.3, -0.25) is 0 Å². The normalized spacial score (nSPS) is 35.1. The van der Waals surface area contributed by atoms with E-state index >= 15 is 0 Å². The summed E-state index contributed by atoms with van der Waals surface area (Å²) < 4.78 is 24.2. The maximum Gasteiger partial charge on any atom is 0.338 e. The molecule has 1 aromatic carbocycles. The van der Waals surface area contributed by atoms with Gasteiger partial charge < -0.3 is 9.47 Å². The second-order valence-corrected chi connectivity index (χ2v) is 8.54. The minimum absolute atomic E-state index is 0.0144. The summed E-state index contributed by atoms with van der Waals surface area (Å²) in [5.74, 6) is 0.147. The molecule has 4 nitrogen and oxygen atoms in total. The molecule has 1 aliphatic heterocycles. The second-order valence-electron chi connectivity index (χ2n) is 8.54. The summed E-state index contributed by atoms with van der Waals surface area (Å²) >= 11 is 0. The number of halogens is 1. The van der Waals surface area contributed by atoms with Crippen molar-refractivity contribution in [3.63, 3.8) is 0 Å². The van der Waals surface area contributed by atoms with E-state index in [-0.39, 0.29) is 35.1 Å². The molecule has 2 saturated carbocycles. The number of rotatable bonds is 5. The van der Waals surface area contributed by atoms with Gasteiger partial charge in [0.1, 0.15) is 11.9 Å². The Morgan fingerprint density at radius 3 is 3.00 bits per heavy atom. The molecular formula is C22H25FO4. The quantitative estimate of drug-likeness (QED) is 0.571. The first kappa shape index (κ1) is 18.2. The van der Waals surface area contributed by atoms with E-state index in [9.17, 15) is 14.0 Å². The van der Waals surface area contributed by atoms with Gasteiger partial charge in [-0.1, -0.05) is 19.6 Å². The van der Waals surface area contributed by atoms with Crippen LogP contribution in [0.4, 0.5) is 4.39 Å². The molecule has 3 fully saturated rings. The number of esters is 2. The molecule has 6 atom stereocenters. The third-order valence-corrected chi connectivity index (χ3v) is 6.89. The maximum atomic E-state index is 13.2. The molecule has 4 rings (SSSR count). The standard InChI is InChI=1S/C22H25FO4/c1-12(26-21(25)14-5-4-6-15(23)9-14)7-8-17-18-10-16-13(2)20(24)27-19(16)11-22(17,18)3/h4-6,9,12,16-19H,2,7-8,10-11H2,1,3H3/t12?,16-,17?,18+,19-,22-/m1/s1. The zero-order chi connectivity index (χ0) is 19.3. The number of benzene rings is 1. The highest BCUT2D eigenvalue weighted by Crippen LogP contribution is 2.70. The smallest absolute Gasteiger partial charge is 0.338 e. The summed E-state index contributed by atoms with van der Waals surface area (Å²) in [7, 11) is 0. The molecule has 0 aromatic heterocycles. The summed E-state index contributed by atoms with van der Waals surface area (Å²) in [6, 6.07) is 5.56. The number of carbonyl (C=O) groups excluding carboxylic acids is 2. The summed E-state index contributed by atoms with van der Waals surface area (Å²) in [5, 5.41) is 0. The summed E-state index contributed by atoms with van der Waals surface area (Å²) in [4.78, 5) is 23.8. The number of hydrogen-bond acceptors (Lipinski definition) is 4. The van der Waals surface area contributed by atoms with Crippen LogP contribution in [0.2, 0.25) is 0 Å². The van der Waals surface area contributed by atoms with Crippen molar-refractivity contribution in [1.82, 2.24) is 0 Å². The summed E-state index contributed by atoms with van der Waals surface area (Å²) in [6.45, 7) is 8.06. The number of ether oxygens (including phenoxy) is 2. The Hall–Kier alpha value is -2.17. The molecule has 1 aromatic rings. The molecule has 2 aliphatic carbocycles. The lowest BCUT2D eigenvalue weighted by molar-refractivity contribution is -0.140. The van der Waals surface area contributed by atoms with Gasteiger partial charge in [-0.05, 0) is 68.1 Å². The van der Waals surface area contributed by atoms with Crippen LogP contribution in [0.15, 0.2) is 36.4 Å². The fourth-order valence-corrected chi connectivity index (χ4v) is 5.23. The van der Waals surface area contributed by atoms with E-state index in [1.807, 2.05) is 6.92 Å². The zero-order valence-electron chi connectivity index (χ0n) is 15.7. The summed E-state index contributed by atoms with van der Waals surface area (Å²) in [6.07, 6.45) is 3.37. The van der Waals surface area contributed by atoms with E-state index in [0.717, 1.165) is 25.7 Å². The van der Waals surface area contributed by atoms with Crippen LogP contribution in [-0.4, -0.2) is 24.1 Å². The highest BCUT2D eigenvalue weighted by Gasteiger charge is 2.66. The number of carbonyl (C=O) groups is 2. The molecule has 3 aliphatic rings. The van der Waals surface area contributed by atoms with Gasteiger partial charge in [0, 0.05) is 11.5 Å². The average Bonchev–Trinajstić information content (AvgIpc) is 3.10. The predicted molar refractivity (Wildman–Crippen MR) is 97.3 cm³/mol. The van der Waals surface area contributed by atoms with Gasteiger partial charge in [0.25, 0.3) is 0 Å². The van der Waals surface area contributed by atoms with Gasteiger partial charge in [-0.15, -0.1) is 0 Å². The van der Waals surface area contributed by atoms with Crippen molar-refractivity contribution in [2.24, 2.45) is 23.2 Å². The van der Waals surface area contributed by atoms with Crippen LogP contribution >= 0.6 is 0 Å². The maximum absolute atomic E-state index is 13.2. The van der Waals surface area contributed by atoms with Crippen LogP contribution in [0.5, 0.6) is 0 Å².